The predicted octanol–water partition coefficient (Wildman–Crippen LogP) is 1.35. The summed E-state index contributed by atoms with van der Waals surface area (Å²) in [5.41, 5.74) is 0. The van der Waals surface area contributed by atoms with E-state index in [4.69, 9.17) is 4.42 Å². The van der Waals surface area contributed by atoms with Crippen molar-refractivity contribution >= 4 is 5.96 Å². The zero-order valence-corrected chi connectivity index (χ0v) is 9.50. The van der Waals surface area contributed by atoms with Crippen LogP contribution in [0, 0.1) is 0 Å². The fraction of sp³-hybridized carbons (Fsp3) is 0.545. The van der Waals surface area contributed by atoms with Gasteiger partial charge in [0.15, 0.2) is 5.96 Å². The van der Waals surface area contributed by atoms with Crippen LogP contribution in [0.5, 0.6) is 0 Å². The van der Waals surface area contributed by atoms with Crippen LogP contribution in [0.1, 0.15) is 12.2 Å². The van der Waals surface area contributed by atoms with Gasteiger partial charge in [0.25, 0.3) is 0 Å². The number of furan rings is 1. The number of nitrogens with zero attached hydrogens (tertiary/aromatic N) is 1. The van der Waals surface area contributed by atoms with Crippen molar-refractivity contribution in [2.24, 2.45) is 4.99 Å². The van der Waals surface area contributed by atoms with Crippen LogP contribution in [0.3, 0.4) is 0 Å². The van der Waals surface area contributed by atoms with Crippen molar-refractivity contribution < 1.29 is 8.81 Å². The summed E-state index contributed by atoms with van der Waals surface area (Å²) < 4.78 is 17.1. The van der Waals surface area contributed by atoms with E-state index in [1.807, 2.05) is 12.1 Å². The van der Waals surface area contributed by atoms with Gasteiger partial charge in [-0.2, -0.15) is 0 Å². The van der Waals surface area contributed by atoms with Crippen molar-refractivity contribution in [1.29, 1.82) is 0 Å². The van der Waals surface area contributed by atoms with Crippen molar-refractivity contribution in [3.05, 3.63) is 24.2 Å². The van der Waals surface area contributed by atoms with Crippen LogP contribution in [0.15, 0.2) is 27.8 Å². The second-order valence-corrected chi connectivity index (χ2v) is 3.30. The Bertz CT molecular complexity index is 298. The highest BCUT2D eigenvalue weighted by atomic mass is 19.1. The zero-order valence-electron chi connectivity index (χ0n) is 9.50. The van der Waals surface area contributed by atoms with Gasteiger partial charge >= 0.3 is 0 Å². The minimum absolute atomic E-state index is 0.309. The van der Waals surface area contributed by atoms with Crippen LogP contribution >= 0.6 is 0 Å². The van der Waals surface area contributed by atoms with Crippen LogP contribution in [0.25, 0.3) is 0 Å². The molecule has 0 spiro atoms. The molecule has 0 aliphatic rings. The molecule has 16 heavy (non-hydrogen) atoms. The third-order valence-corrected chi connectivity index (χ3v) is 2.07. The molecule has 0 atom stereocenters. The number of rotatable bonds is 6. The van der Waals surface area contributed by atoms with E-state index in [1.165, 1.54) is 0 Å². The number of hydrogen-bond donors (Lipinski definition) is 2. The van der Waals surface area contributed by atoms with Gasteiger partial charge in [0.05, 0.1) is 12.9 Å². The molecule has 0 aliphatic carbocycles. The normalized spacial score (nSPS) is 11.5. The van der Waals surface area contributed by atoms with Crippen molar-refractivity contribution in [2.45, 2.75) is 12.8 Å². The third kappa shape index (κ3) is 4.82. The SMILES string of the molecule is CN=C(NCCCF)NCCc1ccco1. The van der Waals surface area contributed by atoms with E-state index in [0.29, 0.717) is 18.9 Å². The van der Waals surface area contributed by atoms with Crippen molar-refractivity contribution in [3.8, 4) is 0 Å². The zero-order chi connectivity index (χ0) is 11.6. The summed E-state index contributed by atoms with van der Waals surface area (Å²) in [6.07, 6.45) is 2.96. The fourth-order valence-electron chi connectivity index (χ4n) is 1.25. The topological polar surface area (TPSA) is 49.6 Å². The molecule has 4 nitrogen and oxygen atoms in total. The molecule has 0 aliphatic heterocycles. The quantitative estimate of drug-likeness (QED) is 0.438. The van der Waals surface area contributed by atoms with E-state index < -0.39 is 0 Å². The van der Waals surface area contributed by atoms with Gasteiger partial charge in [-0.25, -0.2) is 0 Å². The van der Waals surface area contributed by atoms with Crippen molar-refractivity contribution in [3.63, 3.8) is 0 Å². The molecule has 1 heterocycles. The minimum atomic E-state index is -0.309. The van der Waals surface area contributed by atoms with Gasteiger partial charge in [0.2, 0.25) is 0 Å². The first-order valence-corrected chi connectivity index (χ1v) is 5.39. The van der Waals surface area contributed by atoms with E-state index in [1.54, 1.807) is 13.3 Å². The maximum atomic E-state index is 11.9. The van der Waals surface area contributed by atoms with Gasteiger partial charge in [-0.1, -0.05) is 0 Å². The molecule has 0 bridgehead atoms. The van der Waals surface area contributed by atoms with Gasteiger partial charge < -0.3 is 15.1 Å². The van der Waals surface area contributed by atoms with E-state index >= 15 is 0 Å². The van der Waals surface area contributed by atoms with E-state index in [2.05, 4.69) is 15.6 Å². The predicted molar refractivity (Wildman–Crippen MR) is 62.4 cm³/mol. The Morgan fingerprint density at radius 3 is 2.88 bits per heavy atom. The lowest BCUT2D eigenvalue weighted by atomic mass is 10.3. The third-order valence-electron chi connectivity index (χ3n) is 2.07. The molecule has 90 valence electrons. The van der Waals surface area contributed by atoms with Crippen molar-refractivity contribution in [2.75, 3.05) is 26.8 Å². The number of alkyl halides is 1. The number of nitrogens with one attached hydrogen (secondary N) is 2. The second kappa shape index (κ2) is 7.73. The molecular formula is C11H18FN3O. The monoisotopic (exact) mass is 227 g/mol. The van der Waals surface area contributed by atoms with E-state index in [0.717, 1.165) is 18.7 Å². The van der Waals surface area contributed by atoms with Gasteiger partial charge in [0.1, 0.15) is 5.76 Å². The maximum Gasteiger partial charge on any atom is 0.190 e. The molecular weight excluding hydrogens is 209 g/mol. The molecule has 2 N–H and O–H groups in total. The highest BCUT2D eigenvalue weighted by molar-refractivity contribution is 5.79. The Kier molecular flexibility index (Phi) is 6.06. The van der Waals surface area contributed by atoms with Crippen LogP contribution in [-0.4, -0.2) is 32.8 Å². The van der Waals surface area contributed by atoms with Crippen molar-refractivity contribution in [1.82, 2.24) is 10.6 Å². The molecule has 0 radical (unpaired) electrons. The number of hydrogen-bond acceptors (Lipinski definition) is 2. The summed E-state index contributed by atoms with van der Waals surface area (Å²) in [7, 11) is 1.69. The second-order valence-electron chi connectivity index (χ2n) is 3.30. The van der Waals surface area contributed by atoms with Crippen LogP contribution < -0.4 is 10.6 Å². The lowest BCUT2D eigenvalue weighted by Gasteiger charge is -2.10. The highest BCUT2D eigenvalue weighted by Crippen LogP contribution is 1.99. The molecule has 0 fully saturated rings. The first-order valence-electron chi connectivity index (χ1n) is 5.39. The Hall–Kier alpha value is -1.52. The molecule has 1 rings (SSSR count). The average molecular weight is 227 g/mol. The van der Waals surface area contributed by atoms with Crippen LogP contribution in [0.4, 0.5) is 4.39 Å². The lowest BCUT2D eigenvalue weighted by Crippen LogP contribution is -2.38. The largest absolute Gasteiger partial charge is 0.469 e. The molecule has 0 unspecified atom stereocenters. The summed E-state index contributed by atoms with van der Waals surface area (Å²) >= 11 is 0. The number of aliphatic imine (C=N–C) groups is 1. The molecule has 0 saturated carbocycles. The summed E-state index contributed by atoms with van der Waals surface area (Å²) in [4.78, 5) is 4.02. The summed E-state index contributed by atoms with van der Waals surface area (Å²) in [5.74, 6) is 1.63. The highest BCUT2D eigenvalue weighted by Gasteiger charge is 1.98. The fourth-order valence-corrected chi connectivity index (χ4v) is 1.25. The van der Waals surface area contributed by atoms with E-state index in [-0.39, 0.29) is 6.67 Å². The van der Waals surface area contributed by atoms with Gasteiger partial charge in [-0.15, -0.1) is 0 Å². The van der Waals surface area contributed by atoms with Crippen LogP contribution in [0.2, 0.25) is 0 Å². The van der Waals surface area contributed by atoms with Gasteiger partial charge in [0, 0.05) is 26.6 Å². The molecule has 0 amide bonds. The summed E-state index contributed by atoms with van der Waals surface area (Å²) in [5, 5.41) is 6.14. The minimum Gasteiger partial charge on any atom is -0.469 e. The smallest absolute Gasteiger partial charge is 0.190 e. The Morgan fingerprint density at radius 2 is 2.25 bits per heavy atom. The van der Waals surface area contributed by atoms with Gasteiger partial charge in [-0.3, -0.25) is 9.38 Å². The Balaban J connectivity index is 2.14. The van der Waals surface area contributed by atoms with Crippen LogP contribution in [-0.2, 0) is 6.42 Å². The lowest BCUT2D eigenvalue weighted by molar-refractivity contribution is 0.470. The molecule has 0 saturated heterocycles. The molecule has 0 aromatic carbocycles. The molecule has 1 aromatic heterocycles. The standard InChI is InChI=1S/C11H18FN3O/c1-13-11(14-7-3-6-12)15-8-5-10-4-2-9-16-10/h2,4,9H,3,5-8H2,1H3,(H2,13,14,15). The summed E-state index contributed by atoms with van der Waals surface area (Å²) in [6.45, 7) is 1.02. The number of halogens is 1. The first-order chi connectivity index (χ1) is 7.86. The average Bonchev–Trinajstić information content (AvgIpc) is 2.80. The maximum absolute atomic E-state index is 11.9. The Labute approximate surface area is 94.9 Å². The first kappa shape index (κ1) is 12.5. The molecule has 5 heteroatoms. The Morgan fingerprint density at radius 1 is 1.44 bits per heavy atom. The molecule has 1 aromatic rings. The van der Waals surface area contributed by atoms with E-state index in [9.17, 15) is 4.39 Å². The van der Waals surface area contributed by atoms with Gasteiger partial charge in [-0.05, 0) is 18.6 Å². The summed E-state index contributed by atoms with van der Waals surface area (Å²) in [6, 6.07) is 3.80. The number of guanidine groups is 1.